The van der Waals surface area contributed by atoms with E-state index in [0.29, 0.717) is 0 Å². The van der Waals surface area contributed by atoms with Crippen molar-refractivity contribution in [1.29, 1.82) is 0 Å². The van der Waals surface area contributed by atoms with Crippen LogP contribution in [0.4, 0.5) is 13.2 Å². The number of aromatic nitrogens is 1. The maximum absolute atomic E-state index is 12.3. The number of alkyl halides is 4. The molecular weight excluding hydrogens is 335 g/mol. The van der Waals surface area contributed by atoms with Gasteiger partial charge in [0, 0.05) is 17.0 Å². The summed E-state index contributed by atoms with van der Waals surface area (Å²) in [6, 6.07) is 1.26. The van der Waals surface area contributed by atoms with Crippen molar-refractivity contribution in [1.82, 2.24) is 4.98 Å². The molecule has 0 aliphatic heterocycles. The fraction of sp³-hybridized carbons (Fsp3) is 0.400. The Labute approximate surface area is 114 Å². The SMILES string of the molecule is COc1cc(CC(=O)O)c(CBr)c(OC(F)(F)F)n1. The van der Waals surface area contributed by atoms with Crippen LogP contribution in [-0.4, -0.2) is 29.5 Å². The average Bonchev–Trinajstić information content (AvgIpc) is 2.25. The van der Waals surface area contributed by atoms with Gasteiger partial charge in [-0.1, -0.05) is 15.9 Å². The number of hydrogen-bond acceptors (Lipinski definition) is 4. The van der Waals surface area contributed by atoms with Crippen LogP contribution in [0.25, 0.3) is 0 Å². The first-order valence-electron chi connectivity index (χ1n) is 4.87. The van der Waals surface area contributed by atoms with Crippen LogP contribution in [0.1, 0.15) is 11.1 Å². The molecule has 0 fully saturated rings. The van der Waals surface area contributed by atoms with Crippen molar-refractivity contribution in [3.8, 4) is 11.8 Å². The van der Waals surface area contributed by atoms with E-state index in [2.05, 4.69) is 25.7 Å². The Morgan fingerprint density at radius 3 is 2.58 bits per heavy atom. The van der Waals surface area contributed by atoms with E-state index in [4.69, 9.17) is 9.84 Å². The number of rotatable bonds is 5. The van der Waals surface area contributed by atoms with Crippen LogP contribution < -0.4 is 9.47 Å². The van der Waals surface area contributed by atoms with Crippen LogP contribution in [0.3, 0.4) is 0 Å². The van der Waals surface area contributed by atoms with Gasteiger partial charge in [0.1, 0.15) is 0 Å². The lowest BCUT2D eigenvalue weighted by molar-refractivity contribution is -0.276. The standard InChI is InChI=1S/C10H9BrF3NO4/c1-18-7-2-5(3-8(16)17)6(4-11)9(15-7)19-10(12,13)14/h2H,3-4H2,1H3,(H,16,17). The number of carbonyl (C=O) groups is 1. The van der Waals surface area contributed by atoms with E-state index in [9.17, 15) is 18.0 Å². The molecule has 9 heteroatoms. The fourth-order valence-corrected chi connectivity index (χ4v) is 1.94. The number of aliphatic carboxylic acids is 1. The first-order valence-corrected chi connectivity index (χ1v) is 5.99. The van der Waals surface area contributed by atoms with E-state index in [-0.39, 0.29) is 22.3 Å². The van der Waals surface area contributed by atoms with Crippen LogP contribution in [0.15, 0.2) is 6.07 Å². The Morgan fingerprint density at radius 1 is 1.53 bits per heavy atom. The molecule has 0 amide bonds. The number of halogens is 4. The summed E-state index contributed by atoms with van der Waals surface area (Å²) in [7, 11) is 1.21. The number of carboxylic acids is 1. The fourth-order valence-electron chi connectivity index (χ4n) is 1.34. The highest BCUT2D eigenvalue weighted by molar-refractivity contribution is 9.08. The molecule has 0 atom stereocenters. The summed E-state index contributed by atoms with van der Waals surface area (Å²) in [5.74, 6) is -2.06. The molecule has 0 saturated carbocycles. The molecule has 19 heavy (non-hydrogen) atoms. The minimum absolute atomic E-state index is 0.0144. The number of nitrogens with zero attached hydrogens (tertiary/aromatic N) is 1. The van der Waals surface area contributed by atoms with Gasteiger partial charge >= 0.3 is 12.3 Å². The van der Waals surface area contributed by atoms with Crippen molar-refractivity contribution in [2.45, 2.75) is 18.1 Å². The normalized spacial score (nSPS) is 11.2. The topological polar surface area (TPSA) is 68.7 Å². The van der Waals surface area contributed by atoms with Gasteiger partial charge in [-0.05, 0) is 5.56 Å². The predicted octanol–water partition coefficient (Wildman–Crippen LogP) is 2.51. The summed E-state index contributed by atoms with van der Waals surface area (Å²) >= 11 is 2.98. The molecule has 1 N–H and O–H groups in total. The quantitative estimate of drug-likeness (QED) is 0.832. The zero-order valence-electron chi connectivity index (χ0n) is 9.62. The van der Waals surface area contributed by atoms with Gasteiger partial charge in [0.2, 0.25) is 11.8 Å². The molecule has 0 unspecified atom stereocenters. The van der Waals surface area contributed by atoms with Gasteiger partial charge in [0.05, 0.1) is 13.5 Å². The van der Waals surface area contributed by atoms with Gasteiger partial charge in [-0.15, -0.1) is 13.2 Å². The lowest BCUT2D eigenvalue weighted by Gasteiger charge is -2.15. The predicted molar refractivity (Wildman–Crippen MR) is 61.4 cm³/mol. The molecular formula is C10H9BrF3NO4. The number of pyridine rings is 1. The Kier molecular flexibility index (Phi) is 4.98. The van der Waals surface area contributed by atoms with E-state index in [1.807, 2.05) is 0 Å². The van der Waals surface area contributed by atoms with Crippen LogP contribution in [0.5, 0.6) is 11.8 Å². The van der Waals surface area contributed by atoms with E-state index in [0.717, 1.165) is 0 Å². The smallest absolute Gasteiger partial charge is 0.481 e. The second-order valence-corrected chi connectivity index (χ2v) is 3.92. The van der Waals surface area contributed by atoms with Crippen LogP contribution in [0, 0.1) is 0 Å². The molecule has 5 nitrogen and oxygen atoms in total. The maximum atomic E-state index is 12.3. The highest BCUT2D eigenvalue weighted by atomic mass is 79.9. The molecule has 0 bridgehead atoms. The lowest BCUT2D eigenvalue weighted by atomic mass is 10.1. The van der Waals surface area contributed by atoms with Gasteiger partial charge < -0.3 is 14.6 Å². The third-order valence-corrected chi connectivity index (χ3v) is 2.61. The highest BCUT2D eigenvalue weighted by Gasteiger charge is 2.33. The molecule has 1 aromatic rings. The van der Waals surface area contributed by atoms with Crippen LogP contribution >= 0.6 is 15.9 Å². The Morgan fingerprint density at radius 2 is 2.16 bits per heavy atom. The summed E-state index contributed by atoms with van der Waals surface area (Å²) in [5, 5.41) is 8.70. The van der Waals surface area contributed by atoms with Crippen LogP contribution in [0.2, 0.25) is 0 Å². The Bertz CT molecular complexity index is 479. The van der Waals surface area contributed by atoms with Crippen molar-refractivity contribution < 1.29 is 32.5 Å². The lowest BCUT2D eigenvalue weighted by Crippen LogP contribution is -2.20. The first-order chi connectivity index (χ1) is 8.76. The maximum Gasteiger partial charge on any atom is 0.574 e. The monoisotopic (exact) mass is 343 g/mol. The highest BCUT2D eigenvalue weighted by Crippen LogP contribution is 2.31. The second kappa shape index (κ2) is 6.09. The van der Waals surface area contributed by atoms with Crippen molar-refractivity contribution in [2.75, 3.05) is 7.11 Å². The molecule has 1 rings (SSSR count). The molecule has 1 heterocycles. The Balaban J connectivity index is 3.30. The van der Waals surface area contributed by atoms with Gasteiger partial charge in [0.25, 0.3) is 0 Å². The minimum Gasteiger partial charge on any atom is -0.481 e. The largest absolute Gasteiger partial charge is 0.574 e. The van der Waals surface area contributed by atoms with Crippen molar-refractivity contribution in [3.05, 3.63) is 17.2 Å². The molecule has 0 radical (unpaired) electrons. The molecule has 1 aromatic heterocycles. The Hall–Kier alpha value is -1.51. The van der Waals surface area contributed by atoms with E-state index in [1.165, 1.54) is 13.2 Å². The zero-order chi connectivity index (χ0) is 14.6. The van der Waals surface area contributed by atoms with Crippen molar-refractivity contribution >= 4 is 21.9 Å². The van der Waals surface area contributed by atoms with E-state index < -0.39 is 24.6 Å². The summed E-state index contributed by atoms with van der Waals surface area (Å²) < 4.78 is 45.3. The summed E-state index contributed by atoms with van der Waals surface area (Å²) in [6.45, 7) is 0. The van der Waals surface area contributed by atoms with Gasteiger partial charge in [-0.2, -0.15) is 4.98 Å². The molecule has 106 valence electrons. The number of hydrogen-bond donors (Lipinski definition) is 1. The molecule has 0 aliphatic carbocycles. The summed E-state index contributed by atoms with van der Waals surface area (Å²) in [6.07, 6.45) is -5.38. The second-order valence-electron chi connectivity index (χ2n) is 3.36. The number of methoxy groups -OCH3 is 1. The number of ether oxygens (including phenoxy) is 2. The minimum atomic E-state index is -4.92. The zero-order valence-corrected chi connectivity index (χ0v) is 11.2. The number of carboxylic acid groups (broad SMARTS) is 1. The molecule has 0 saturated heterocycles. The van der Waals surface area contributed by atoms with E-state index in [1.54, 1.807) is 0 Å². The van der Waals surface area contributed by atoms with Crippen molar-refractivity contribution in [3.63, 3.8) is 0 Å². The van der Waals surface area contributed by atoms with E-state index >= 15 is 0 Å². The van der Waals surface area contributed by atoms with Gasteiger partial charge in [-0.25, -0.2) is 0 Å². The third kappa shape index (κ3) is 4.58. The molecule has 0 aliphatic rings. The van der Waals surface area contributed by atoms with Gasteiger partial charge in [-0.3, -0.25) is 4.79 Å². The molecule has 0 aromatic carbocycles. The van der Waals surface area contributed by atoms with Crippen molar-refractivity contribution in [2.24, 2.45) is 0 Å². The van der Waals surface area contributed by atoms with Gasteiger partial charge in [0.15, 0.2) is 0 Å². The third-order valence-electron chi connectivity index (χ3n) is 2.05. The average molecular weight is 344 g/mol. The molecule has 0 spiro atoms. The summed E-state index contributed by atoms with van der Waals surface area (Å²) in [5.41, 5.74) is 0.149. The summed E-state index contributed by atoms with van der Waals surface area (Å²) in [4.78, 5) is 14.2. The first kappa shape index (κ1) is 15.5. The van der Waals surface area contributed by atoms with Crippen LogP contribution in [-0.2, 0) is 16.5 Å².